The molecule has 0 spiro atoms. The molecule has 31 heavy (non-hydrogen) atoms. The van der Waals surface area contributed by atoms with Gasteiger partial charge in [0.05, 0.1) is 37.4 Å². The first-order valence-electron chi connectivity index (χ1n) is 10.5. The van der Waals surface area contributed by atoms with E-state index in [0.29, 0.717) is 5.88 Å². The van der Waals surface area contributed by atoms with E-state index in [9.17, 15) is 0 Å². The Balaban J connectivity index is 1.47. The van der Waals surface area contributed by atoms with Crippen LogP contribution in [0.3, 0.4) is 0 Å². The van der Waals surface area contributed by atoms with Gasteiger partial charge < -0.3 is 14.2 Å². The van der Waals surface area contributed by atoms with E-state index in [1.54, 1.807) is 17.8 Å². The molecule has 0 fully saturated rings. The minimum atomic E-state index is 0.226. The number of hydrogen-bond acceptors (Lipinski definition) is 6. The minimum Gasteiger partial charge on any atom is -0.481 e. The fourth-order valence-corrected chi connectivity index (χ4v) is 4.20. The van der Waals surface area contributed by atoms with E-state index in [2.05, 4.69) is 40.3 Å². The zero-order chi connectivity index (χ0) is 21.6. The summed E-state index contributed by atoms with van der Waals surface area (Å²) in [5, 5.41) is 4.47. The van der Waals surface area contributed by atoms with Gasteiger partial charge in [0, 0.05) is 43.2 Å². The standard InChI is InChI=1S/C23H27N7O/c1-23(2,3)14-29-15-25-18-13-28(10-7-19(18)29)20-8-11-30-21(27-20)17(12-26-30)16-6-5-9-24-22(16)31-4/h5-6,8-9,11-12,15H,7,10,13-14H2,1-4H3. The lowest BCUT2D eigenvalue weighted by molar-refractivity contribution is 0.337. The van der Waals surface area contributed by atoms with Crippen LogP contribution < -0.4 is 9.64 Å². The number of rotatable bonds is 4. The molecule has 0 aliphatic carbocycles. The highest BCUT2D eigenvalue weighted by Crippen LogP contribution is 2.31. The largest absolute Gasteiger partial charge is 0.481 e. The summed E-state index contributed by atoms with van der Waals surface area (Å²) in [7, 11) is 1.63. The molecule has 0 N–H and O–H groups in total. The van der Waals surface area contributed by atoms with Crippen LogP contribution in [0.25, 0.3) is 16.8 Å². The zero-order valence-electron chi connectivity index (χ0n) is 18.4. The predicted molar refractivity (Wildman–Crippen MR) is 119 cm³/mol. The van der Waals surface area contributed by atoms with E-state index in [-0.39, 0.29) is 5.41 Å². The second kappa shape index (κ2) is 7.37. The lowest BCUT2D eigenvalue weighted by Gasteiger charge is -2.29. The van der Waals surface area contributed by atoms with Gasteiger partial charge in [-0.3, -0.25) is 0 Å². The van der Waals surface area contributed by atoms with Crippen LogP contribution in [0.5, 0.6) is 5.88 Å². The fourth-order valence-electron chi connectivity index (χ4n) is 4.20. The van der Waals surface area contributed by atoms with E-state index in [1.807, 2.05) is 36.9 Å². The van der Waals surface area contributed by atoms with Crippen LogP contribution in [0.4, 0.5) is 5.82 Å². The average Bonchev–Trinajstić information content (AvgIpc) is 3.36. The summed E-state index contributed by atoms with van der Waals surface area (Å²) in [6.07, 6.45) is 8.43. The first kappa shape index (κ1) is 19.5. The Bertz CT molecular complexity index is 1230. The summed E-state index contributed by atoms with van der Waals surface area (Å²) in [5.74, 6) is 1.49. The molecule has 0 saturated heterocycles. The smallest absolute Gasteiger partial charge is 0.221 e. The third-order valence-corrected chi connectivity index (χ3v) is 5.57. The number of hydrogen-bond donors (Lipinski definition) is 0. The summed E-state index contributed by atoms with van der Waals surface area (Å²) < 4.78 is 9.55. The number of nitrogens with zero attached hydrogens (tertiary/aromatic N) is 7. The molecule has 0 saturated carbocycles. The van der Waals surface area contributed by atoms with Gasteiger partial charge in [-0.25, -0.2) is 19.5 Å². The van der Waals surface area contributed by atoms with Crippen LogP contribution >= 0.6 is 0 Å². The highest BCUT2D eigenvalue weighted by Gasteiger charge is 2.24. The Labute approximate surface area is 181 Å². The van der Waals surface area contributed by atoms with Gasteiger partial charge in [0.15, 0.2) is 5.65 Å². The molecule has 5 rings (SSSR count). The Hall–Kier alpha value is -3.42. The molecule has 8 heteroatoms. The van der Waals surface area contributed by atoms with Crippen molar-refractivity contribution in [2.45, 2.75) is 40.3 Å². The van der Waals surface area contributed by atoms with E-state index in [0.717, 1.165) is 54.3 Å². The number of aromatic nitrogens is 6. The van der Waals surface area contributed by atoms with Gasteiger partial charge >= 0.3 is 0 Å². The SMILES string of the molecule is COc1ncccc1-c1cnn2ccc(N3CCc4c(ncn4CC(C)(C)C)C3)nc12. The molecule has 4 aromatic heterocycles. The summed E-state index contributed by atoms with van der Waals surface area (Å²) in [6.45, 7) is 9.42. The molecule has 1 aliphatic heterocycles. The maximum Gasteiger partial charge on any atom is 0.221 e. The molecule has 0 unspecified atom stereocenters. The van der Waals surface area contributed by atoms with Gasteiger partial charge in [-0.15, -0.1) is 0 Å². The van der Waals surface area contributed by atoms with Gasteiger partial charge in [0.25, 0.3) is 0 Å². The van der Waals surface area contributed by atoms with Crippen LogP contribution in [0.1, 0.15) is 32.2 Å². The maximum atomic E-state index is 5.44. The quantitative estimate of drug-likeness (QED) is 0.505. The van der Waals surface area contributed by atoms with Crippen molar-refractivity contribution in [2.24, 2.45) is 5.41 Å². The van der Waals surface area contributed by atoms with Crippen molar-refractivity contribution in [1.82, 2.24) is 29.1 Å². The first-order valence-corrected chi connectivity index (χ1v) is 10.5. The van der Waals surface area contributed by atoms with Crippen molar-refractivity contribution < 1.29 is 4.74 Å². The highest BCUT2D eigenvalue weighted by atomic mass is 16.5. The second-order valence-electron chi connectivity index (χ2n) is 9.17. The molecule has 0 radical (unpaired) electrons. The van der Waals surface area contributed by atoms with E-state index in [1.165, 1.54) is 5.69 Å². The van der Waals surface area contributed by atoms with Crippen molar-refractivity contribution in [3.63, 3.8) is 0 Å². The molecule has 0 bridgehead atoms. The van der Waals surface area contributed by atoms with Crippen molar-refractivity contribution >= 4 is 11.5 Å². The van der Waals surface area contributed by atoms with Crippen LogP contribution in [-0.2, 0) is 19.5 Å². The molecule has 4 aromatic rings. The van der Waals surface area contributed by atoms with Crippen LogP contribution in [0, 0.1) is 5.41 Å². The summed E-state index contributed by atoms with van der Waals surface area (Å²) in [5.41, 5.74) is 5.28. The second-order valence-corrected chi connectivity index (χ2v) is 9.17. The maximum absolute atomic E-state index is 5.44. The Morgan fingerprint density at radius 1 is 1.13 bits per heavy atom. The van der Waals surface area contributed by atoms with Gasteiger partial charge in [-0.05, 0) is 23.6 Å². The molecular formula is C23H27N7O. The lowest BCUT2D eigenvalue weighted by atomic mass is 9.96. The van der Waals surface area contributed by atoms with Crippen LogP contribution in [-0.4, -0.2) is 42.8 Å². The van der Waals surface area contributed by atoms with Gasteiger partial charge in [-0.1, -0.05) is 20.8 Å². The number of imidazole rings is 1. The number of methoxy groups -OCH3 is 1. The van der Waals surface area contributed by atoms with Gasteiger partial charge in [0.2, 0.25) is 5.88 Å². The van der Waals surface area contributed by atoms with Crippen LogP contribution in [0.2, 0.25) is 0 Å². The summed E-state index contributed by atoms with van der Waals surface area (Å²) >= 11 is 0. The normalized spacial score (nSPS) is 14.1. The third kappa shape index (κ3) is 3.62. The zero-order valence-corrected chi connectivity index (χ0v) is 18.4. The van der Waals surface area contributed by atoms with Gasteiger partial charge in [-0.2, -0.15) is 5.10 Å². The average molecular weight is 418 g/mol. The first-order chi connectivity index (χ1) is 14.9. The van der Waals surface area contributed by atoms with Crippen LogP contribution in [0.15, 0.2) is 43.1 Å². The molecular weight excluding hydrogens is 390 g/mol. The van der Waals surface area contributed by atoms with Crippen molar-refractivity contribution in [3.8, 4) is 17.0 Å². The fraction of sp³-hybridized carbons (Fsp3) is 0.391. The summed E-state index contributed by atoms with van der Waals surface area (Å²) in [4.78, 5) is 16.3. The summed E-state index contributed by atoms with van der Waals surface area (Å²) in [6, 6.07) is 5.89. The Morgan fingerprint density at radius 3 is 2.81 bits per heavy atom. The lowest BCUT2D eigenvalue weighted by Crippen LogP contribution is -2.32. The van der Waals surface area contributed by atoms with E-state index in [4.69, 9.17) is 14.7 Å². The van der Waals surface area contributed by atoms with Crippen molar-refractivity contribution in [3.05, 3.63) is 54.5 Å². The van der Waals surface area contributed by atoms with Gasteiger partial charge in [0.1, 0.15) is 5.82 Å². The predicted octanol–water partition coefficient (Wildman–Crippen LogP) is 3.61. The number of pyridine rings is 1. The van der Waals surface area contributed by atoms with Crippen molar-refractivity contribution in [2.75, 3.05) is 18.6 Å². The molecule has 8 nitrogen and oxygen atoms in total. The topological polar surface area (TPSA) is 73.4 Å². The molecule has 0 amide bonds. The Kier molecular flexibility index (Phi) is 4.64. The molecule has 160 valence electrons. The molecule has 5 heterocycles. The van der Waals surface area contributed by atoms with Crippen molar-refractivity contribution in [1.29, 1.82) is 0 Å². The monoisotopic (exact) mass is 417 g/mol. The number of ether oxygens (including phenoxy) is 1. The van der Waals surface area contributed by atoms with E-state index >= 15 is 0 Å². The number of anilines is 1. The highest BCUT2D eigenvalue weighted by molar-refractivity contribution is 5.80. The molecule has 0 aromatic carbocycles. The third-order valence-electron chi connectivity index (χ3n) is 5.57. The minimum absolute atomic E-state index is 0.226. The number of fused-ring (bicyclic) bond motifs is 2. The molecule has 1 aliphatic rings. The van der Waals surface area contributed by atoms with E-state index < -0.39 is 0 Å². The molecule has 0 atom stereocenters. The Morgan fingerprint density at radius 2 is 2.00 bits per heavy atom.